The van der Waals surface area contributed by atoms with Crippen molar-refractivity contribution >= 4 is 73.8 Å². The van der Waals surface area contributed by atoms with Gasteiger partial charge in [0.15, 0.2) is 7.85 Å². The van der Waals surface area contributed by atoms with Gasteiger partial charge in [0.05, 0.1) is 19.2 Å². The van der Waals surface area contributed by atoms with Crippen LogP contribution in [0.15, 0.2) is 30.3 Å². The number of amides is 4. The fourth-order valence-corrected chi connectivity index (χ4v) is 6.15. The van der Waals surface area contributed by atoms with E-state index in [-0.39, 0.29) is 43.3 Å². The molecule has 14 heteroatoms. The molecule has 2 aromatic rings. The quantitative estimate of drug-likeness (QED) is 0.301. The van der Waals surface area contributed by atoms with Crippen LogP contribution in [0.5, 0.6) is 5.75 Å². The first kappa shape index (κ1) is 27.2. The lowest BCUT2D eigenvalue weighted by atomic mass is 9.55. The van der Waals surface area contributed by atoms with Crippen molar-refractivity contribution in [2.45, 2.75) is 36.8 Å². The molecular formula is C25H30B5N3O6. The van der Waals surface area contributed by atoms with Crippen molar-refractivity contribution in [1.29, 1.82) is 0 Å². The van der Waals surface area contributed by atoms with E-state index in [0.29, 0.717) is 30.9 Å². The standard InChI is InChI=1S/C25H30B5N3O6/c26-15-8-12(25(29,30)33-6-7-38-11-20(33)35)9-16(27)21(15)22(28)39-18-3-1-2-13-14(18)10-32(24(13)37)17-4-5-19(34)31-23(17)36/h1-3,8-9,17,22H,4-7,10-11,26-30H2,(H,31,34,36). The molecule has 39 heavy (non-hydrogen) atoms. The zero-order valence-electron chi connectivity index (χ0n) is 23.1. The molecule has 3 heterocycles. The predicted octanol–water partition coefficient (Wildman–Crippen LogP) is -5.09. The van der Waals surface area contributed by atoms with Crippen LogP contribution in [0.1, 0.15) is 45.9 Å². The lowest BCUT2D eigenvalue weighted by Gasteiger charge is -2.42. The number of rotatable bonds is 6. The summed E-state index contributed by atoms with van der Waals surface area (Å²) in [6, 6.07) is 8.65. The van der Waals surface area contributed by atoms with Crippen LogP contribution in [0.3, 0.4) is 0 Å². The topological polar surface area (TPSA) is 105 Å². The van der Waals surface area contributed by atoms with Crippen LogP contribution >= 0.6 is 0 Å². The van der Waals surface area contributed by atoms with E-state index >= 15 is 0 Å². The van der Waals surface area contributed by atoms with Crippen LogP contribution in [-0.4, -0.2) is 98.5 Å². The van der Waals surface area contributed by atoms with Crippen LogP contribution in [0.2, 0.25) is 0 Å². The number of ether oxygens (including phenoxy) is 2. The number of morpholine rings is 1. The van der Waals surface area contributed by atoms with Crippen molar-refractivity contribution in [3.05, 3.63) is 52.6 Å². The van der Waals surface area contributed by atoms with E-state index in [9.17, 15) is 19.2 Å². The first-order valence-electron chi connectivity index (χ1n) is 13.4. The summed E-state index contributed by atoms with van der Waals surface area (Å²) in [5.74, 6) is -0.383. The number of piperidine rings is 1. The first-order chi connectivity index (χ1) is 18.5. The molecule has 0 aliphatic carbocycles. The summed E-state index contributed by atoms with van der Waals surface area (Å²) in [4.78, 5) is 53.2. The Hall–Kier alpha value is -3.40. The number of carbonyl (C=O) groups excluding carboxylic acids is 4. The molecule has 2 aromatic carbocycles. The number of hydrogen-bond acceptors (Lipinski definition) is 6. The van der Waals surface area contributed by atoms with Crippen LogP contribution in [-0.2, 0) is 31.0 Å². The highest BCUT2D eigenvalue weighted by atomic mass is 16.5. The minimum atomic E-state index is -0.674. The average molecular weight is 523 g/mol. The van der Waals surface area contributed by atoms with Crippen LogP contribution in [0.4, 0.5) is 0 Å². The van der Waals surface area contributed by atoms with Gasteiger partial charge in [0.1, 0.15) is 49.8 Å². The third kappa shape index (κ3) is 4.90. The number of benzene rings is 2. The van der Waals surface area contributed by atoms with E-state index in [1.54, 1.807) is 12.1 Å². The summed E-state index contributed by atoms with van der Waals surface area (Å²) in [5, 5.41) is 1.85. The molecule has 9 nitrogen and oxygen atoms in total. The number of imide groups is 1. The molecule has 3 aliphatic rings. The van der Waals surface area contributed by atoms with Crippen LogP contribution < -0.4 is 21.0 Å². The van der Waals surface area contributed by atoms with Crippen LogP contribution in [0, 0.1) is 0 Å². The van der Waals surface area contributed by atoms with Gasteiger partial charge in [0, 0.05) is 29.4 Å². The van der Waals surface area contributed by atoms with Gasteiger partial charge in [-0.2, -0.15) is 0 Å². The molecule has 0 radical (unpaired) electrons. The Bertz CT molecular complexity index is 1360. The Morgan fingerprint density at radius 3 is 2.49 bits per heavy atom. The van der Waals surface area contributed by atoms with Crippen molar-refractivity contribution in [3.8, 4) is 5.75 Å². The van der Waals surface area contributed by atoms with Crippen molar-refractivity contribution in [1.82, 2.24) is 15.1 Å². The van der Waals surface area contributed by atoms with Gasteiger partial charge in [-0.15, -0.1) is 0 Å². The highest BCUT2D eigenvalue weighted by Gasteiger charge is 2.40. The molecule has 3 aliphatic heterocycles. The summed E-state index contributed by atoms with van der Waals surface area (Å²) in [7, 11) is 10.2. The fourth-order valence-electron chi connectivity index (χ4n) is 6.15. The third-order valence-corrected chi connectivity index (χ3v) is 8.21. The molecule has 0 spiro atoms. The van der Waals surface area contributed by atoms with Crippen molar-refractivity contribution in [3.63, 3.8) is 0 Å². The molecule has 0 aromatic heterocycles. The minimum Gasteiger partial charge on any atom is -0.495 e. The molecule has 0 saturated carbocycles. The van der Waals surface area contributed by atoms with E-state index in [1.165, 1.54) is 4.90 Å². The zero-order chi connectivity index (χ0) is 28.1. The second-order valence-electron chi connectivity index (χ2n) is 11.1. The Kier molecular flexibility index (Phi) is 7.18. The first-order valence-corrected chi connectivity index (χ1v) is 13.4. The Labute approximate surface area is 232 Å². The molecular weight excluding hydrogens is 492 g/mol. The van der Waals surface area contributed by atoms with Gasteiger partial charge in [-0.1, -0.05) is 29.1 Å². The number of fused-ring (bicyclic) bond motifs is 1. The van der Waals surface area contributed by atoms with E-state index < -0.39 is 17.3 Å². The normalized spacial score (nSPS) is 20.6. The molecule has 4 amide bonds. The van der Waals surface area contributed by atoms with Gasteiger partial charge in [-0.25, -0.2) is 0 Å². The maximum absolute atomic E-state index is 13.2. The predicted molar refractivity (Wildman–Crippen MR) is 158 cm³/mol. The highest BCUT2D eigenvalue weighted by Crippen LogP contribution is 2.35. The van der Waals surface area contributed by atoms with E-state index in [4.69, 9.17) is 9.47 Å². The molecule has 5 rings (SSSR count). The monoisotopic (exact) mass is 523 g/mol. The lowest BCUT2D eigenvalue weighted by molar-refractivity contribution is -0.145. The molecule has 2 saturated heterocycles. The summed E-state index contributed by atoms with van der Waals surface area (Å²) in [5.41, 5.74) is 5.48. The second-order valence-corrected chi connectivity index (χ2v) is 11.1. The Morgan fingerprint density at radius 1 is 1.10 bits per heavy atom. The van der Waals surface area contributed by atoms with Crippen molar-refractivity contribution in [2.24, 2.45) is 0 Å². The van der Waals surface area contributed by atoms with Crippen LogP contribution in [0.25, 0.3) is 0 Å². The Morgan fingerprint density at radius 2 is 1.82 bits per heavy atom. The molecule has 2 unspecified atom stereocenters. The number of carbonyl (C=O) groups is 4. The zero-order valence-corrected chi connectivity index (χ0v) is 23.1. The molecule has 2 atom stereocenters. The van der Waals surface area contributed by atoms with Crippen molar-refractivity contribution in [2.75, 3.05) is 19.8 Å². The van der Waals surface area contributed by atoms with E-state index in [0.717, 1.165) is 27.6 Å². The lowest BCUT2D eigenvalue weighted by Crippen LogP contribution is -2.56. The largest absolute Gasteiger partial charge is 0.495 e. The molecule has 0 bridgehead atoms. The van der Waals surface area contributed by atoms with Gasteiger partial charge in [-0.05, 0) is 29.7 Å². The summed E-state index contributed by atoms with van der Waals surface area (Å²) < 4.78 is 11.8. The number of hydrogen-bond donors (Lipinski definition) is 1. The maximum Gasteiger partial charge on any atom is 0.255 e. The summed E-state index contributed by atoms with van der Waals surface area (Å²) >= 11 is 0. The average Bonchev–Trinajstić information content (AvgIpc) is 3.21. The maximum atomic E-state index is 13.2. The minimum absolute atomic E-state index is 0.0128. The Balaban J connectivity index is 1.38. The second kappa shape index (κ2) is 10.3. The smallest absolute Gasteiger partial charge is 0.255 e. The number of nitrogens with zero attached hydrogens (tertiary/aromatic N) is 2. The molecule has 1 N–H and O–H groups in total. The van der Waals surface area contributed by atoms with E-state index in [2.05, 4.69) is 33.1 Å². The third-order valence-electron chi connectivity index (χ3n) is 8.21. The highest BCUT2D eigenvalue weighted by molar-refractivity contribution is 6.43. The van der Waals surface area contributed by atoms with Gasteiger partial charge < -0.3 is 19.3 Å². The van der Waals surface area contributed by atoms with E-state index in [1.807, 2.05) is 34.5 Å². The number of nitrogens with one attached hydrogen (secondary N) is 1. The summed E-state index contributed by atoms with van der Waals surface area (Å²) in [6.45, 7) is 1.44. The SMILES string of the molecule is Bc1cc(C(B)(B)N2CCOCC2=O)cc(B)c1C(B)Oc1cccc2c1CN(C1CCC(=O)NC1=O)C2=O. The fraction of sp³-hybridized carbons (Fsp3) is 0.360. The molecule has 196 valence electrons. The van der Waals surface area contributed by atoms with Gasteiger partial charge >= 0.3 is 0 Å². The molecule has 2 fully saturated rings. The summed E-state index contributed by atoms with van der Waals surface area (Å²) in [6.07, 6.45) is 0.524. The van der Waals surface area contributed by atoms with Gasteiger partial charge in [0.2, 0.25) is 17.7 Å². The van der Waals surface area contributed by atoms with Gasteiger partial charge in [0.25, 0.3) is 5.91 Å². The van der Waals surface area contributed by atoms with Gasteiger partial charge in [-0.3, -0.25) is 24.5 Å². The van der Waals surface area contributed by atoms with Crippen molar-refractivity contribution < 1.29 is 28.7 Å².